The Labute approximate surface area is 75.1 Å². The highest BCUT2D eigenvalue weighted by atomic mass is 32.1. The molecule has 0 aliphatic heterocycles. The normalized spacial score (nSPS) is 9.83. The van der Waals surface area contributed by atoms with Gasteiger partial charge in [-0.05, 0) is 24.6 Å². The van der Waals surface area contributed by atoms with E-state index in [0.29, 0.717) is 10.5 Å². The second-order valence-electron chi connectivity index (χ2n) is 2.46. The van der Waals surface area contributed by atoms with Crippen LogP contribution in [0.3, 0.4) is 0 Å². The van der Waals surface area contributed by atoms with Crippen LogP contribution >= 0.6 is 12.6 Å². The first-order valence-corrected chi connectivity index (χ1v) is 3.73. The number of phenols is 1. The van der Waals surface area contributed by atoms with Crippen LogP contribution in [0.15, 0.2) is 17.0 Å². The van der Waals surface area contributed by atoms with E-state index in [4.69, 9.17) is 5.11 Å². The number of phenolic OH excluding ortho intramolecular Hbond substituents is 1. The molecule has 0 heterocycles. The highest BCUT2D eigenvalue weighted by Crippen LogP contribution is 2.23. The van der Waals surface area contributed by atoms with Crippen LogP contribution in [-0.2, 0) is 0 Å². The first-order chi connectivity index (χ1) is 5.52. The van der Waals surface area contributed by atoms with Crippen molar-refractivity contribution < 1.29 is 15.0 Å². The van der Waals surface area contributed by atoms with Gasteiger partial charge >= 0.3 is 5.97 Å². The molecule has 0 saturated carbocycles. The van der Waals surface area contributed by atoms with Crippen LogP contribution in [0, 0.1) is 6.92 Å². The molecule has 0 unspecified atom stereocenters. The monoisotopic (exact) mass is 184 g/mol. The van der Waals surface area contributed by atoms with Crippen molar-refractivity contribution in [2.24, 2.45) is 0 Å². The summed E-state index contributed by atoms with van der Waals surface area (Å²) in [6.45, 7) is 1.68. The van der Waals surface area contributed by atoms with E-state index in [1.165, 1.54) is 12.1 Å². The summed E-state index contributed by atoms with van der Waals surface area (Å²) >= 11 is 3.96. The average molecular weight is 184 g/mol. The summed E-state index contributed by atoms with van der Waals surface area (Å²) in [5.74, 6) is -1.11. The lowest BCUT2D eigenvalue weighted by Crippen LogP contribution is -1.97. The van der Waals surface area contributed by atoms with Crippen LogP contribution in [-0.4, -0.2) is 16.2 Å². The molecule has 0 aromatic heterocycles. The summed E-state index contributed by atoms with van der Waals surface area (Å²) < 4.78 is 0. The lowest BCUT2D eigenvalue weighted by Gasteiger charge is -2.03. The van der Waals surface area contributed by atoms with Gasteiger partial charge in [0, 0.05) is 4.90 Å². The van der Waals surface area contributed by atoms with Gasteiger partial charge in [-0.2, -0.15) is 0 Å². The zero-order valence-corrected chi connectivity index (χ0v) is 7.30. The molecule has 2 N–H and O–H groups in total. The van der Waals surface area contributed by atoms with Gasteiger partial charge in [-0.25, -0.2) is 4.79 Å². The number of hydrogen-bond acceptors (Lipinski definition) is 3. The Kier molecular flexibility index (Phi) is 2.28. The molecule has 1 aromatic rings. The smallest absolute Gasteiger partial charge is 0.336 e. The van der Waals surface area contributed by atoms with Gasteiger partial charge in [0.25, 0.3) is 0 Å². The highest BCUT2D eigenvalue weighted by Gasteiger charge is 2.09. The van der Waals surface area contributed by atoms with Crippen LogP contribution in [0.4, 0.5) is 0 Å². The lowest BCUT2D eigenvalue weighted by molar-refractivity contribution is 0.0692. The second kappa shape index (κ2) is 3.06. The van der Waals surface area contributed by atoms with Crippen molar-refractivity contribution in [3.05, 3.63) is 23.3 Å². The van der Waals surface area contributed by atoms with Crippen molar-refractivity contribution in [1.29, 1.82) is 0 Å². The predicted molar refractivity (Wildman–Crippen MR) is 47.1 cm³/mol. The first-order valence-electron chi connectivity index (χ1n) is 3.28. The molecule has 0 aliphatic rings. The number of benzene rings is 1. The van der Waals surface area contributed by atoms with E-state index < -0.39 is 5.97 Å². The Morgan fingerprint density at radius 3 is 2.58 bits per heavy atom. The molecule has 1 aromatic carbocycles. The van der Waals surface area contributed by atoms with Gasteiger partial charge in [0.1, 0.15) is 5.75 Å². The molecule has 1 rings (SSSR count). The average Bonchev–Trinajstić information content (AvgIpc) is 1.96. The standard InChI is InChI=1S/C8H8O3S/c1-4-2-7(12)5(8(10)11)3-6(4)9/h2-3,9,12H,1H3,(H,10,11). The fourth-order valence-electron chi connectivity index (χ4n) is 0.853. The largest absolute Gasteiger partial charge is 0.508 e. The minimum Gasteiger partial charge on any atom is -0.508 e. The number of hydrogen-bond donors (Lipinski definition) is 3. The van der Waals surface area contributed by atoms with Crippen molar-refractivity contribution in [3.8, 4) is 5.75 Å². The number of thiol groups is 1. The number of aromatic carboxylic acids is 1. The predicted octanol–water partition coefficient (Wildman–Crippen LogP) is 1.69. The number of aryl methyl sites for hydroxylation is 1. The Hall–Kier alpha value is -1.16. The number of rotatable bonds is 1. The Morgan fingerprint density at radius 2 is 2.08 bits per heavy atom. The van der Waals surface area contributed by atoms with E-state index in [1.54, 1.807) is 6.92 Å². The van der Waals surface area contributed by atoms with Crippen LogP contribution in [0.1, 0.15) is 15.9 Å². The molecule has 64 valence electrons. The molecule has 0 saturated heterocycles. The van der Waals surface area contributed by atoms with Gasteiger partial charge in [0.15, 0.2) is 0 Å². The van der Waals surface area contributed by atoms with Crippen molar-refractivity contribution in [2.45, 2.75) is 11.8 Å². The number of carboxylic acid groups (broad SMARTS) is 1. The molecular weight excluding hydrogens is 176 g/mol. The van der Waals surface area contributed by atoms with Crippen LogP contribution in [0.25, 0.3) is 0 Å². The minimum atomic E-state index is -1.09. The molecule has 4 heteroatoms. The van der Waals surface area contributed by atoms with Gasteiger partial charge in [-0.15, -0.1) is 12.6 Å². The van der Waals surface area contributed by atoms with Crippen molar-refractivity contribution in [3.63, 3.8) is 0 Å². The Balaban J connectivity index is 3.33. The Morgan fingerprint density at radius 1 is 1.50 bits per heavy atom. The zero-order chi connectivity index (χ0) is 9.30. The SMILES string of the molecule is Cc1cc(S)c(C(=O)O)cc1O. The molecule has 0 amide bonds. The summed E-state index contributed by atoms with van der Waals surface area (Å²) in [5, 5.41) is 17.8. The molecule has 0 bridgehead atoms. The van der Waals surface area contributed by atoms with Crippen molar-refractivity contribution >= 4 is 18.6 Å². The van der Waals surface area contributed by atoms with E-state index in [2.05, 4.69) is 12.6 Å². The molecule has 0 atom stereocenters. The maximum Gasteiger partial charge on any atom is 0.336 e. The highest BCUT2D eigenvalue weighted by molar-refractivity contribution is 7.80. The topological polar surface area (TPSA) is 57.5 Å². The van der Waals surface area contributed by atoms with E-state index in [0.717, 1.165) is 0 Å². The van der Waals surface area contributed by atoms with Crippen molar-refractivity contribution in [1.82, 2.24) is 0 Å². The van der Waals surface area contributed by atoms with E-state index in [-0.39, 0.29) is 11.3 Å². The third kappa shape index (κ3) is 1.53. The first kappa shape index (κ1) is 8.93. The second-order valence-corrected chi connectivity index (χ2v) is 2.94. The summed E-state index contributed by atoms with van der Waals surface area (Å²) in [7, 11) is 0. The maximum atomic E-state index is 10.5. The molecule has 0 aliphatic carbocycles. The van der Waals surface area contributed by atoms with Gasteiger partial charge < -0.3 is 10.2 Å². The fourth-order valence-corrected chi connectivity index (χ4v) is 1.21. The number of carboxylic acids is 1. The van der Waals surface area contributed by atoms with Crippen LogP contribution in [0.2, 0.25) is 0 Å². The van der Waals surface area contributed by atoms with E-state index in [1.807, 2.05) is 0 Å². The summed E-state index contributed by atoms with van der Waals surface area (Å²) in [5.41, 5.74) is 0.631. The molecular formula is C8H8O3S. The third-order valence-electron chi connectivity index (χ3n) is 1.54. The van der Waals surface area contributed by atoms with Crippen LogP contribution in [0.5, 0.6) is 5.75 Å². The van der Waals surface area contributed by atoms with Gasteiger partial charge in [-0.3, -0.25) is 0 Å². The summed E-state index contributed by atoms with van der Waals surface area (Å²) in [6, 6.07) is 2.71. The fraction of sp³-hybridized carbons (Fsp3) is 0.125. The molecule has 12 heavy (non-hydrogen) atoms. The summed E-state index contributed by atoms with van der Waals surface area (Å²) in [6.07, 6.45) is 0. The molecule has 0 spiro atoms. The van der Waals surface area contributed by atoms with E-state index in [9.17, 15) is 9.90 Å². The quantitative estimate of drug-likeness (QED) is 0.582. The van der Waals surface area contributed by atoms with E-state index >= 15 is 0 Å². The Bertz CT molecular complexity index is 333. The molecule has 0 radical (unpaired) electrons. The zero-order valence-electron chi connectivity index (χ0n) is 6.40. The molecule has 3 nitrogen and oxygen atoms in total. The van der Waals surface area contributed by atoms with Gasteiger partial charge in [0.2, 0.25) is 0 Å². The summed E-state index contributed by atoms with van der Waals surface area (Å²) in [4.78, 5) is 10.9. The molecule has 0 fully saturated rings. The minimum absolute atomic E-state index is 0.0152. The lowest BCUT2D eigenvalue weighted by atomic mass is 10.1. The number of carbonyl (C=O) groups is 1. The van der Waals surface area contributed by atoms with Crippen LogP contribution < -0.4 is 0 Å². The van der Waals surface area contributed by atoms with Crippen molar-refractivity contribution in [2.75, 3.05) is 0 Å². The third-order valence-corrected chi connectivity index (χ3v) is 1.91. The maximum absolute atomic E-state index is 10.5. The van der Waals surface area contributed by atoms with Gasteiger partial charge in [-0.1, -0.05) is 0 Å². The van der Waals surface area contributed by atoms with Gasteiger partial charge in [0.05, 0.1) is 5.56 Å². The number of aromatic hydroxyl groups is 1.